The molecule has 142 valence electrons. The van der Waals surface area contributed by atoms with Gasteiger partial charge in [-0.2, -0.15) is 4.99 Å². The molecule has 0 atom stereocenters. The molecule has 5 rings (SSSR count). The van der Waals surface area contributed by atoms with Gasteiger partial charge in [-0.1, -0.05) is 48.8 Å². The molecule has 3 heterocycles. The Labute approximate surface area is 168 Å². The first-order valence-electron chi connectivity index (χ1n) is 9.33. The molecule has 1 saturated carbocycles. The molecule has 1 N–H and O–H groups in total. The highest BCUT2D eigenvalue weighted by Crippen LogP contribution is 2.36. The van der Waals surface area contributed by atoms with Crippen molar-refractivity contribution in [3.63, 3.8) is 0 Å². The van der Waals surface area contributed by atoms with Crippen LogP contribution in [0.15, 0.2) is 45.8 Å². The molecular weight excluding hydrogens is 392 g/mol. The van der Waals surface area contributed by atoms with Crippen LogP contribution in [0.4, 0.5) is 5.13 Å². The molecule has 0 bridgehead atoms. The standard InChI is InChI=1S/C20H18N4O2S2/c25-17-15(13-8-4-5-9-14(13)22-17)16-18(26)24(12-6-2-1-3-7-12)20(28-16)23-19-21-10-11-27-19/h4-5,8-12,26H,1-3,6-7H2/b23-20+. The zero-order valence-electron chi connectivity index (χ0n) is 15.0. The number of carbonyl (C=O) groups excluding carboxylic acids is 1. The fourth-order valence-electron chi connectivity index (χ4n) is 3.93. The van der Waals surface area contributed by atoms with Gasteiger partial charge in [0.15, 0.2) is 4.80 Å². The predicted octanol–water partition coefficient (Wildman–Crippen LogP) is 2.81. The molecule has 6 nitrogen and oxygen atoms in total. The molecule has 1 fully saturated rings. The van der Waals surface area contributed by atoms with Crippen LogP contribution in [0, 0.1) is 0 Å². The Balaban J connectivity index is 1.76. The van der Waals surface area contributed by atoms with Crippen molar-refractivity contribution in [1.29, 1.82) is 0 Å². The first-order valence-corrected chi connectivity index (χ1v) is 11.0. The van der Waals surface area contributed by atoms with Gasteiger partial charge in [-0.05, 0) is 18.9 Å². The number of aromatic nitrogens is 2. The van der Waals surface area contributed by atoms with Crippen molar-refractivity contribution in [3.05, 3.63) is 56.1 Å². The topological polar surface area (TPSA) is 79.8 Å². The van der Waals surface area contributed by atoms with Crippen molar-refractivity contribution >= 4 is 39.3 Å². The van der Waals surface area contributed by atoms with Crippen LogP contribution in [-0.4, -0.2) is 20.6 Å². The summed E-state index contributed by atoms with van der Waals surface area (Å²) in [5.41, 5.74) is 0.461. The van der Waals surface area contributed by atoms with Crippen LogP contribution in [0.1, 0.15) is 43.0 Å². The van der Waals surface area contributed by atoms with E-state index < -0.39 is 0 Å². The Hall–Kier alpha value is -2.58. The molecule has 3 aromatic rings. The fourth-order valence-corrected chi connectivity index (χ4v) is 5.63. The Morgan fingerprint density at radius 1 is 1.18 bits per heavy atom. The van der Waals surface area contributed by atoms with Crippen LogP contribution in [0.2, 0.25) is 0 Å². The van der Waals surface area contributed by atoms with Crippen LogP contribution < -0.4 is 15.4 Å². The molecule has 0 spiro atoms. The Bertz CT molecular complexity index is 1230. The normalized spacial score (nSPS) is 17.8. The van der Waals surface area contributed by atoms with Crippen LogP contribution in [0.3, 0.4) is 0 Å². The molecule has 2 aliphatic rings. The van der Waals surface area contributed by atoms with Crippen molar-refractivity contribution in [2.75, 3.05) is 0 Å². The highest BCUT2D eigenvalue weighted by atomic mass is 32.1. The van der Waals surface area contributed by atoms with Gasteiger partial charge in [0.1, 0.15) is 4.88 Å². The van der Waals surface area contributed by atoms with Gasteiger partial charge in [-0.15, -0.1) is 11.3 Å². The fraction of sp³-hybridized carbons (Fsp3) is 0.300. The highest BCUT2D eigenvalue weighted by molar-refractivity contribution is 7.13. The molecule has 8 heteroatoms. The number of para-hydroxylation sites is 1. The Morgan fingerprint density at radius 2 is 2.00 bits per heavy atom. The van der Waals surface area contributed by atoms with Crippen LogP contribution in [-0.2, 0) is 4.79 Å². The molecule has 0 radical (unpaired) electrons. The van der Waals surface area contributed by atoms with E-state index in [4.69, 9.17) is 0 Å². The lowest BCUT2D eigenvalue weighted by atomic mass is 9.95. The molecule has 1 amide bonds. The SMILES string of the molecule is O=C1N=c2ccccc2=C1c1s/c(=N/c2nccs2)n(C2CCCCC2)c1O. The number of amides is 1. The van der Waals surface area contributed by atoms with Crippen LogP contribution in [0.5, 0.6) is 5.88 Å². The minimum Gasteiger partial charge on any atom is -0.493 e. The molecular formula is C20H18N4O2S2. The monoisotopic (exact) mass is 410 g/mol. The van der Waals surface area contributed by atoms with E-state index in [9.17, 15) is 9.90 Å². The molecule has 1 aromatic carbocycles. The summed E-state index contributed by atoms with van der Waals surface area (Å²) in [5.74, 6) is -0.197. The van der Waals surface area contributed by atoms with Crippen molar-refractivity contribution < 1.29 is 9.90 Å². The molecule has 2 aromatic heterocycles. The summed E-state index contributed by atoms with van der Waals surface area (Å²) in [4.78, 5) is 26.9. The van der Waals surface area contributed by atoms with E-state index in [1.54, 1.807) is 6.20 Å². The van der Waals surface area contributed by atoms with Gasteiger partial charge in [0.05, 0.1) is 10.9 Å². The van der Waals surface area contributed by atoms with Gasteiger partial charge in [0.2, 0.25) is 11.0 Å². The zero-order chi connectivity index (χ0) is 19.1. The summed E-state index contributed by atoms with van der Waals surface area (Å²) in [6, 6.07) is 7.62. The summed E-state index contributed by atoms with van der Waals surface area (Å²) in [6.45, 7) is 0. The lowest BCUT2D eigenvalue weighted by molar-refractivity contribution is -0.112. The molecule has 28 heavy (non-hydrogen) atoms. The lowest BCUT2D eigenvalue weighted by Crippen LogP contribution is -2.22. The van der Waals surface area contributed by atoms with Crippen molar-refractivity contribution in [2.24, 2.45) is 9.98 Å². The Morgan fingerprint density at radius 3 is 2.79 bits per heavy atom. The number of aromatic hydroxyl groups is 1. The van der Waals surface area contributed by atoms with Gasteiger partial charge < -0.3 is 5.11 Å². The maximum absolute atomic E-state index is 12.6. The van der Waals surface area contributed by atoms with E-state index in [-0.39, 0.29) is 17.8 Å². The van der Waals surface area contributed by atoms with Gasteiger partial charge in [0, 0.05) is 22.8 Å². The average Bonchev–Trinajstić information content (AvgIpc) is 3.40. The first-order chi connectivity index (χ1) is 13.7. The van der Waals surface area contributed by atoms with Crippen molar-refractivity contribution in [1.82, 2.24) is 9.55 Å². The van der Waals surface area contributed by atoms with E-state index in [1.807, 2.05) is 34.2 Å². The quantitative estimate of drug-likeness (QED) is 0.721. The minimum atomic E-state index is -0.311. The zero-order valence-corrected chi connectivity index (χ0v) is 16.7. The summed E-state index contributed by atoms with van der Waals surface area (Å²) < 4.78 is 1.90. The number of rotatable bonds is 3. The van der Waals surface area contributed by atoms with Crippen LogP contribution in [0.25, 0.3) is 5.57 Å². The molecule has 1 aliphatic heterocycles. The summed E-state index contributed by atoms with van der Waals surface area (Å²) in [6.07, 6.45) is 7.19. The summed E-state index contributed by atoms with van der Waals surface area (Å²) >= 11 is 2.79. The number of carbonyl (C=O) groups is 1. The lowest BCUT2D eigenvalue weighted by Gasteiger charge is -2.23. The van der Waals surface area contributed by atoms with Gasteiger partial charge in [0.25, 0.3) is 5.91 Å². The van der Waals surface area contributed by atoms with Crippen molar-refractivity contribution in [3.8, 4) is 5.88 Å². The number of hydrogen-bond acceptors (Lipinski definition) is 6. The highest BCUT2D eigenvalue weighted by Gasteiger charge is 2.28. The Kier molecular flexibility index (Phi) is 4.44. The van der Waals surface area contributed by atoms with E-state index in [1.165, 1.54) is 29.1 Å². The largest absolute Gasteiger partial charge is 0.493 e. The molecule has 0 saturated heterocycles. The summed E-state index contributed by atoms with van der Waals surface area (Å²) in [7, 11) is 0. The van der Waals surface area contributed by atoms with Crippen molar-refractivity contribution in [2.45, 2.75) is 38.1 Å². The van der Waals surface area contributed by atoms with E-state index in [0.717, 1.165) is 30.9 Å². The maximum atomic E-state index is 12.6. The molecule has 1 aliphatic carbocycles. The average molecular weight is 411 g/mol. The first kappa shape index (κ1) is 17.5. The van der Waals surface area contributed by atoms with E-state index in [0.29, 0.717) is 25.7 Å². The third kappa shape index (κ3) is 2.93. The second kappa shape index (κ2) is 7.10. The number of nitrogens with zero attached hydrogens (tertiary/aromatic N) is 4. The van der Waals surface area contributed by atoms with Gasteiger partial charge >= 0.3 is 0 Å². The number of thiazole rings is 2. The second-order valence-electron chi connectivity index (χ2n) is 6.93. The maximum Gasteiger partial charge on any atom is 0.279 e. The van der Waals surface area contributed by atoms with Gasteiger partial charge in [-0.25, -0.2) is 9.98 Å². The second-order valence-corrected chi connectivity index (χ2v) is 8.79. The summed E-state index contributed by atoms with van der Waals surface area (Å²) in [5, 5.41) is 15.1. The predicted molar refractivity (Wildman–Crippen MR) is 108 cm³/mol. The third-order valence-corrected chi connectivity index (χ3v) is 6.94. The van der Waals surface area contributed by atoms with E-state index in [2.05, 4.69) is 15.0 Å². The number of hydrogen-bond donors (Lipinski definition) is 1. The van der Waals surface area contributed by atoms with Crippen LogP contribution >= 0.6 is 22.7 Å². The minimum absolute atomic E-state index is 0.113. The van der Waals surface area contributed by atoms with E-state index >= 15 is 0 Å². The number of fused-ring (bicyclic) bond motifs is 1. The number of benzene rings is 1. The third-order valence-electron chi connectivity index (χ3n) is 5.22. The van der Waals surface area contributed by atoms with Gasteiger partial charge in [-0.3, -0.25) is 9.36 Å². The smallest absolute Gasteiger partial charge is 0.279 e. The molecule has 0 unspecified atom stereocenters.